The maximum absolute atomic E-state index is 11.7. The maximum atomic E-state index is 11.7. The first-order valence-corrected chi connectivity index (χ1v) is 8.22. The van der Waals surface area contributed by atoms with Crippen LogP contribution in [0.25, 0.3) is 0 Å². The molecule has 1 saturated heterocycles. The van der Waals surface area contributed by atoms with Crippen molar-refractivity contribution < 1.29 is 9.53 Å². The minimum Gasteiger partial charge on any atom is -0.494 e. The molecule has 0 spiro atoms. The summed E-state index contributed by atoms with van der Waals surface area (Å²) in [5.74, 6) is 0.982. The predicted molar refractivity (Wildman–Crippen MR) is 95.4 cm³/mol. The Bertz CT molecular complexity index is 425. The zero-order valence-electron chi connectivity index (χ0n) is 13.6. The lowest BCUT2D eigenvalue weighted by molar-refractivity contribution is -0.121. The molecule has 6 heteroatoms. The van der Waals surface area contributed by atoms with Crippen LogP contribution in [-0.4, -0.2) is 56.7 Å². The molecule has 1 aromatic rings. The van der Waals surface area contributed by atoms with Gasteiger partial charge in [0.05, 0.1) is 6.61 Å². The molecule has 0 aliphatic carbocycles. The number of benzene rings is 1. The fraction of sp³-hybridized carbons (Fsp3) is 0.588. The second kappa shape index (κ2) is 12.2. The third kappa shape index (κ3) is 8.79. The number of carbonyl (C=O) groups is 1. The minimum atomic E-state index is 0. The van der Waals surface area contributed by atoms with E-state index in [0.29, 0.717) is 13.0 Å². The second-order valence-corrected chi connectivity index (χ2v) is 5.56. The van der Waals surface area contributed by atoms with E-state index in [4.69, 9.17) is 4.74 Å². The Morgan fingerprint density at radius 1 is 1.17 bits per heavy atom. The lowest BCUT2D eigenvalue weighted by atomic mass is 10.3. The summed E-state index contributed by atoms with van der Waals surface area (Å²) in [6.45, 7) is 6.80. The molecule has 0 unspecified atom stereocenters. The van der Waals surface area contributed by atoms with Crippen LogP contribution in [0.1, 0.15) is 19.3 Å². The van der Waals surface area contributed by atoms with Gasteiger partial charge in [-0.3, -0.25) is 4.79 Å². The van der Waals surface area contributed by atoms with Gasteiger partial charge in [0.2, 0.25) is 5.91 Å². The van der Waals surface area contributed by atoms with Gasteiger partial charge >= 0.3 is 0 Å². The summed E-state index contributed by atoms with van der Waals surface area (Å²) in [7, 11) is 0. The lowest BCUT2D eigenvalue weighted by Crippen LogP contribution is -2.44. The number of amides is 1. The number of nitrogens with one attached hydrogen (secondary N) is 2. The normalized spacial score (nSPS) is 14.8. The number of para-hydroxylation sites is 1. The van der Waals surface area contributed by atoms with Crippen LogP contribution in [-0.2, 0) is 4.79 Å². The fourth-order valence-corrected chi connectivity index (χ4v) is 2.49. The molecular weight excluding hydrogens is 314 g/mol. The number of nitrogens with zero attached hydrogens (tertiary/aromatic N) is 1. The van der Waals surface area contributed by atoms with Gasteiger partial charge < -0.3 is 20.3 Å². The Hall–Kier alpha value is -1.30. The number of ether oxygens (including phenoxy) is 1. The number of hydrogen-bond acceptors (Lipinski definition) is 4. The van der Waals surface area contributed by atoms with Crippen LogP contribution in [0.3, 0.4) is 0 Å². The smallest absolute Gasteiger partial charge is 0.220 e. The molecule has 1 aliphatic heterocycles. The maximum Gasteiger partial charge on any atom is 0.220 e. The highest BCUT2D eigenvalue weighted by molar-refractivity contribution is 5.85. The Kier molecular flexibility index (Phi) is 10.4. The summed E-state index contributed by atoms with van der Waals surface area (Å²) in [5, 5.41) is 6.32. The molecule has 1 fully saturated rings. The van der Waals surface area contributed by atoms with Crippen LogP contribution in [0.15, 0.2) is 30.3 Å². The van der Waals surface area contributed by atoms with Gasteiger partial charge in [-0.2, -0.15) is 0 Å². The van der Waals surface area contributed by atoms with Crippen molar-refractivity contribution in [2.45, 2.75) is 19.3 Å². The number of carbonyl (C=O) groups excluding carboxylic acids is 1. The van der Waals surface area contributed by atoms with Crippen molar-refractivity contribution in [1.29, 1.82) is 0 Å². The third-order valence-electron chi connectivity index (χ3n) is 3.74. The first kappa shape index (κ1) is 19.7. The first-order chi connectivity index (χ1) is 10.8. The highest BCUT2D eigenvalue weighted by Gasteiger charge is 2.08. The summed E-state index contributed by atoms with van der Waals surface area (Å²) >= 11 is 0. The van der Waals surface area contributed by atoms with Crippen LogP contribution in [0.4, 0.5) is 0 Å². The van der Waals surface area contributed by atoms with Gasteiger partial charge in [-0.25, -0.2) is 0 Å². The molecule has 1 heterocycles. The van der Waals surface area contributed by atoms with Gasteiger partial charge in [-0.1, -0.05) is 18.2 Å². The van der Waals surface area contributed by atoms with Gasteiger partial charge in [0.25, 0.3) is 0 Å². The number of rotatable bonds is 9. The van der Waals surface area contributed by atoms with Crippen LogP contribution in [0, 0.1) is 0 Å². The molecule has 23 heavy (non-hydrogen) atoms. The fourth-order valence-electron chi connectivity index (χ4n) is 2.49. The minimum absolute atomic E-state index is 0. The Balaban J connectivity index is 0.00000264. The van der Waals surface area contributed by atoms with Gasteiger partial charge in [-0.05, 0) is 31.5 Å². The van der Waals surface area contributed by atoms with E-state index in [1.165, 1.54) is 0 Å². The quantitative estimate of drug-likeness (QED) is 0.671. The molecule has 5 nitrogen and oxygen atoms in total. The number of halogens is 1. The van der Waals surface area contributed by atoms with Gasteiger partial charge in [0, 0.05) is 39.1 Å². The van der Waals surface area contributed by atoms with Crippen molar-refractivity contribution in [2.75, 3.05) is 45.9 Å². The molecule has 1 amide bonds. The van der Waals surface area contributed by atoms with Crippen molar-refractivity contribution in [1.82, 2.24) is 15.5 Å². The zero-order valence-corrected chi connectivity index (χ0v) is 14.4. The van der Waals surface area contributed by atoms with Crippen LogP contribution in [0.2, 0.25) is 0 Å². The predicted octanol–water partition coefficient (Wildman–Crippen LogP) is 1.68. The summed E-state index contributed by atoms with van der Waals surface area (Å²) in [4.78, 5) is 14.2. The average molecular weight is 342 g/mol. The summed E-state index contributed by atoms with van der Waals surface area (Å²) in [6, 6.07) is 9.70. The highest BCUT2D eigenvalue weighted by atomic mass is 35.5. The SMILES string of the molecule is Cl.O=C(CCCOc1ccccc1)NCCCN1CCNCC1. The zero-order chi connectivity index (χ0) is 15.5. The monoisotopic (exact) mass is 341 g/mol. The average Bonchev–Trinajstić information content (AvgIpc) is 2.57. The van der Waals surface area contributed by atoms with Crippen molar-refractivity contribution in [3.05, 3.63) is 30.3 Å². The third-order valence-corrected chi connectivity index (χ3v) is 3.74. The molecule has 0 atom stereocenters. The van der Waals surface area contributed by atoms with Gasteiger partial charge in [-0.15, -0.1) is 12.4 Å². The van der Waals surface area contributed by atoms with Crippen molar-refractivity contribution >= 4 is 18.3 Å². The van der Waals surface area contributed by atoms with Crippen LogP contribution in [0.5, 0.6) is 5.75 Å². The lowest BCUT2D eigenvalue weighted by Gasteiger charge is -2.27. The van der Waals surface area contributed by atoms with E-state index in [2.05, 4.69) is 15.5 Å². The molecule has 1 aromatic carbocycles. The molecule has 2 N–H and O–H groups in total. The standard InChI is InChI=1S/C17H27N3O2.ClH/c21-17(8-4-15-22-16-6-2-1-3-7-16)19-9-5-12-20-13-10-18-11-14-20;/h1-3,6-7,18H,4-5,8-15H2,(H,19,21);1H. The molecule has 0 bridgehead atoms. The summed E-state index contributed by atoms with van der Waals surface area (Å²) in [6.07, 6.45) is 2.30. The van der Waals surface area contributed by atoms with Crippen LogP contribution >= 0.6 is 12.4 Å². The Morgan fingerprint density at radius 2 is 1.91 bits per heavy atom. The second-order valence-electron chi connectivity index (χ2n) is 5.56. The van der Waals surface area contributed by atoms with E-state index >= 15 is 0 Å². The highest BCUT2D eigenvalue weighted by Crippen LogP contribution is 2.08. The summed E-state index contributed by atoms with van der Waals surface area (Å²) in [5.41, 5.74) is 0. The van der Waals surface area contributed by atoms with Crippen molar-refractivity contribution in [2.24, 2.45) is 0 Å². The van der Waals surface area contributed by atoms with Gasteiger partial charge in [0.15, 0.2) is 0 Å². The van der Waals surface area contributed by atoms with E-state index in [-0.39, 0.29) is 18.3 Å². The van der Waals surface area contributed by atoms with E-state index in [0.717, 1.165) is 57.9 Å². The van der Waals surface area contributed by atoms with E-state index < -0.39 is 0 Å². The van der Waals surface area contributed by atoms with Crippen LogP contribution < -0.4 is 15.4 Å². The van der Waals surface area contributed by atoms with E-state index in [9.17, 15) is 4.79 Å². The van der Waals surface area contributed by atoms with E-state index in [1.807, 2.05) is 30.3 Å². The molecule has 130 valence electrons. The largest absolute Gasteiger partial charge is 0.494 e. The molecular formula is C17H28ClN3O2. The van der Waals surface area contributed by atoms with Gasteiger partial charge in [0.1, 0.15) is 5.75 Å². The Morgan fingerprint density at radius 3 is 2.65 bits per heavy atom. The molecule has 2 rings (SSSR count). The number of hydrogen-bond donors (Lipinski definition) is 2. The number of piperazine rings is 1. The molecule has 1 aliphatic rings. The van der Waals surface area contributed by atoms with Crippen molar-refractivity contribution in [3.63, 3.8) is 0 Å². The van der Waals surface area contributed by atoms with E-state index in [1.54, 1.807) is 0 Å². The first-order valence-electron chi connectivity index (χ1n) is 8.22. The Labute approximate surface area is 145 Å². The summed E-state index contributed by atoms with van der Waals surface area (Å²) < 4.78 is 5.57. The molecule has 0 radical (unpaired) electrons. The van der Waals surface area contributed by atoms with Crippen molar-refractivity contribution in [3.8, 4) is 5.75 Å². The topological polar surface area (TPSA) is 53.6 Å². The molecule has 0 saturated carbocycles. The molecule has 0 aromatic heterocycles.